The Morgan fingerprint density at radius 1 is 1.25 bits per heavy atom. The number of anilines is 1. The number of carbonyl (C=O) groups excluding carboxylic acids is 2. The molecule has 3 saturated carbocycles. The van der Waals surface area contributed by atoms with Gasteiger partial charge in [0.15, 0.2) is 0 Å². The Morgan fingerprint density at radius 2 is 1.96 bits per heavy atom. The van der Waals surface area contributed by atoms with E-state index in [1.165, 1.54) is 0 Å². The fourth-order valence-corrected chi connectivity index (χ4v) is 5.89. The van der Waals surface area contributed by atoms with Gasteiger partial charge in [0, 0.05) is 6.54 Å². The van der Waals surface area contributed by atoms with Crippen LogP contribution in [0.5, 0.6) is 0 Å². The average molecular weight is 450 g/mol. The molecule has 152 valence electrons. The van der Waals surface area contributed by atoms with Crippen molar-refractivity contribution in [3.05, 3.63) is 22.9 Å². The molecule has 6 nitrogen and oxygen atoms in total. The topological polar surface area (TPSA) is 71.5 Å². The Balaban J connectivity index is 1.46. The Morgan fingerprint density at radius 3 is 2.57 bits per heavy atom. The lowest BCUT2D eigenvalue weighted by Crippen LogP contribution is -2.39. The van der Waals surface area contributed by atoms with Gasteiger partial charge in [0.05, 0.1) is 30.3 Å². The van der Waals surface area contributed by atoms with E-state index in [9.17, 15) is 9.59 Å². The fourth-order valence-electron chi connectivity index (χ4n) is 5.65. The minimum Gasteiger partial charge on any atom is -0.465 e. The molecule has 7 heteroatoms. The maximum Gasteiger partial charge on any atom is 0.310 e. The normalized spacial score (nSPS) is 29.3. The van der Waals surface area contributed by atoms with Gasteiger partial charge >= 0.3 is 5.97 Å². The first-order valence-corrected chi connectivity index (χ1v) is 11.0. The standard InChI is InChI=1S/C21H28BrN3O3/c1-25(2)10-3-11-28-20(27)18-15-6-5-14(21(15)8-9-21)17(18)19(26)24-13-4-7-16(22)23-12-13/h4,7,12,14-15,17-18H,3,5-6,8-11H2,1-2H3,(H,24,26)/t14-,15+,17+,18+/m0/s1. The molecule has 1 N–H and O–H groups in total. The third-order valence-electron chi connectivity index (χ3n) is 6.91. The van der Waals surface area contributed by atoms with E-state index in [-0.39, 0.29) is 29.1 Å². The van der Waals surface area contributed by atoms with Crippen LogP contribution in [0.4, 0.5) is 5.69 Å². The van der Waals surface area contributed by atoms with Crippen molar-refractivity contribution in [1.29, 1.82) is 0 Å². The van der Waals surface area contributed by atoms with Crippen molar-refractivity contribution in [2.24, 2.45) is 29.1 Å². The highest BCUT2D eigenvalue weighted by atomic mass is 79.9. The molecule has 1 spiro atoms. The van der Waals surface area contributed by atoms with Crippen LogP contribution in [0.2, 0.25) is 0 Å². The van der Waals surface area contributed by atoms with Gasteiger partial charge < -0.3 is 15.0 Å². The van der Waals surface area contributed by atoms with E-state index < -0.39 is 0 Å². The van der Waals surface area contributed by atoms with Crippen molar-refractivity contribution < 1.29 is 14.3 Å². The predicted octanol–water partition coefficient (Wildman–Crippen LogP) is 3.33. The molecule has 3 aliphatic carbocycles. The number of rotatable bonds is 7. The predicted molar refractivity (Wildman–Crippen MR) is 110 cm³/mol. The molecular formula is C21H28BrN3O3. The number of aromatic nitrogens is 1. The van der Waals surface area contributed by atoms with Crippen molar-refractivity contribution >= 4 is 33.5 Å². The number of hydrogen-bond donors (Lipinski definition) is 1. The van der Waals surface area contributed by atoms with Crippen LogP contribution in [-0.2, 0) is 14.3 Å². The molecule has 1 heterocycles. The Kier molecular flexibility index (Phi) is 5.49. The number of halogens is 1. The summed E-state index contributed by atoms with van der Waals surface area (Å²) in [6.07, 6.45) is 6.84. The van der Waals surface area contributed by atoms with Crippen LogP contribution in [0.1, 0.15) is 32.1 Å². The first-order valence-electron chi connectivity index (χ1n) is 10.2. The van der Waals surface area contributed by atoms with Gasteiger partial charge in [-0.1, -0.05) is 0 Å². The number of ether oxygens (including phenoxy) is 1. The van der Waals surface area contributed by atoms with Gasteiger partial charge in [-0.15, -0.1) is 0 Å². The average Bonchev–Trinajstić information content (AvgIpc) is 3.33. The molecule has 0 aromatic carbocycles. The van der Waals surface area contributed by atoms with Gasteiger partial charge in [-0.2, -0.15) is 0 Å². The number of pyridine rings is 1. The number of nitrogens with one attached hydrogen (secondary N) is 1. The summed E-state index contributed by atoms with van der Waals surface area (Å²) >= 11 is 3.31. The van der Waals surface area contributed by atoms with Gasteiger partial charge in [-0.3, -0.25) is 9.59 Å². The molecule has 28 heavy (non-hydrogen) atoms. The lowest BCUT2D eigenvalue weighted by Gasteiger charge is -2.28. The van der Waals surface area contributed by atoms with Gasteiger partial charge in [0.25, 0.3) is 0 Å². The summed E-state index contributed by atoms with van der Waals surface area (Å²) in [5.41, 5.74) is 0.881. The summed E-state index contributed by atoms with van der Waals surface area (Å²) in [7, 11) is 4.01. The van der Waals surface area contributed by atoms with Gasteiger partial charge in [-0.05, 0) is 91.5 Å². The molecule has 1 aromatic heterocycles. The summed E-state index contributed by atoms with van der Waals surface area (Å²) in [5, 5.41) is 2.99. The number of esters is 1. The summed E-state index contributed by atoms with van der Waals surface area (Å²) < 4.78 is 6.36. The van der Waals surface area contributed by atoms with Crippen LogP contribution in [0, 0.1) is 29.1 Å². The Labute approximate surface area is 174 Å². The van der Waals surface area contributed by atoms with Crippen LogP contribution in [0.15, 0.2) is 22.9 Å². The van der Waals surface area contributed by atoms with E-state index in [2.05, 4.69) is 31.1 Å². The smallest absolute Gasteiger partial charge is 0.310 e. The second-order valence-electron chi connectivity index (χ2n) is 8.76. The van der Waals surface area contributed by atoms with E-state index in [0.717, 1.165) is 43.3 Å². The third-order valence-corrected chi connectivity index (χ3v) is 7.38. The van der Waals surface area contributed by atoms with Crippen molar-refractivity contribution in [1.82, 2.24) is 9.88 Å². The molecular weight excluding hydrogens is 422 g/mol. The molecule has 1 amide bonds. The van der Waals surface area contributed by atoms with Crippen molar-refractivity contribution in [3.8, 4) is 0 Å². The number of hydrogen-bond acceptors (Lipinski definition) is 5. The number of carbonyl (C=O) groups is 2. The Hall–Kier alpha value is -1.47. The molecule has 4 rings (SSSR count). The monoisotopic (exact) mass is 449 g/mol. The van der Waals surface area contributed by atoms with Crippen molar-refractivity contribution in [3.63, 3.8) is 0 Å². The minimum atomic E-state index is -0.302. The molecule has 0 saturated heterocycles. The zero-order valence-electron chi connectivity index (χ0n) is 16.5. The first-order chi connectivity index (χ1) is 13.4. The first kappa shape index (κ1) is 19.8. The largest absolute Gasteiger partial charge is 0.465 e. The highest BCUT2D eigenvalue weighted by Gasteiger charge is 2.71. The van der Waals surface area contributed by atoms with E-state index in [1.54, 1.807) is 12.3 Å². The van der Waals surface area contributed by atoms with Crippen molar-refractivity contribution in [2.75, 3.05) is 32.6 Å². The molecule has 0 radical (unpaired) electrons. The molecule has 3 fully saturated rings. The molecule has 4 atom stereocenters. The molecule has 0 aliphatic heterocycles. The number of nitrogens with zero attached hydrogens (tertiary/aromatic N) is 2. The van der Waals surface area contributed by atoms with E-state index >= 15 is 0 Å². The molecule has 0 unspecified atom stereocenters. The zero-order valence-corrected chi connectivity index (χ0v) is 18.1. The maximum absolute atomic E-state index is 13.2. The van der Waals surface area contributed by atoms with Crippen LogP contribution < -0.4 is 5.32 Å². The third kappa shape index (κ3) is 3.59. The SMILES string of the molecule is CN(C)CCCOC(=O)[C@H]1[C@H](C(=O)Nc2ccc(Br)nc2)[C@@H]2CC[C@H]1C21CC1. The fraction of sp³-hybridized carbons (Fsp3) is 0.667. The van der Waals surface area contributed by atoms with Crippen LogP contribution in [0.25, 0.3) is 0 Å². The van der Waals surface area contributed by atoms with Crippen molar-refractivity contribution in [2.45, 2.75) is 32.1 Å². The second kappa shape index (κ2) is 7.75. The van der Waals surface area contributed by atoms with Crippen LogP contribution in [0.3, 0.4) is 0 Å². The molecule has 3 aliphatic rings. The Bertz CT molecular complexity index is 748. The lowest BCUT2D eigenvalue weighted by molar-refractivity contribution is -0.154. The quantitative estimate of drug-likeness (QED) is 0.392. The highest BCUT2D eigenvalue weighted by molar-refractivity contribution is 9.10. The lowest BCUT2D eigenvalue weighted by atomic mass is 9.78. The van der Waals surface area contributed by atoms with Gasteiger partial charge in [0.1, 0.15) is 4.60 Å². The minimum absolute atomic E-state index is 0.0576. The summed E-state index contributed by atoms with van der Waals surface area (Å²) in [5.74, 6) is -0.211. The van der Waals surface area contributed by atoms with Crippen LogP contribution >= 0.6 is 15.9 Å². The maximum atomic E-state index is 13.2. The second-order valence-corrected chi connectivity index (χ2v) is 9.57. The summed E-state index contributed by atoms with van der Waals surface area (Å²) in [6, 6.07) is 3.62. The van der Waals surface area contributed by atoms with Gasteiger partial charge in [-0.25, -0.2) is 4.98 Å². The van der Waals surface area contributed by atoms with E-state index in [1.807, 2.05) is 20.2 Å². The molecule has 1 aromatic rings. The summed E-state index contributed by atoms with van der Waals surface area (Å²) in [6.45, 7) is 1.30. The van der Waals surface area contributed by atoms with Gasteiger partial charge in [0.2, 0.25) is 5.91 Å². The highest BCUT2D eigenvalue weighted by Crippen LogP contribution is 2.74. The molecule has 2 bridgehead atoms. The van der Waals surface area contributed by atoms with E-state index in [4.69, 9.17) is 4.74 Å². The van der Waals surface area contributed by atoms with Crippen LogP contribution in [-0.4, -0.2) is 49.0 Å². The zero-order chi connectivity index (χ0) is 19.9. The summed E-state index contributed by atoms with van der Waals surface area (Å²) in [4.78, 5) is 32.4. The number of amides is 1. The van der Waals surface area contributed by atoms with E-state index in [0.29, 0.717) is 24.1 Å².